The van der Waals surface area contributed by atoms with Gasteiger partial charge in [0.05, 0.1) is 5.57 Å². The van der Waals surface area contributed by atoms with E-state index in [0.717, 1.165) is 50.5 Å². The van der Waals surface area contributed by atoms with Crippen molar-refractivity contribution in [3.63, 3.8) is 0 Å². The van der Waals surface area contributed by atoms with Gasteiger partial charge in [-0.3, -0.25) is 0 Å². The Morgan fingerprint density at radius 1 is 0.625 bits per heavy atom. The van der Waals surface area contributed by atoms with Crippen molar-refractivity contribution >= 4 is 11.4 Å². The molecular weight excluding hydrogens is 484 g/mol. The molecule has 218 valence electrons. The Morgan fingerprint density at radius 2 is 1.25 bits per heavy atom. The summed E-state index contributed by atoms with van der Waals surface area (Å²) in [5.41, 5.74) is 18.6. The number of unbranched alkanes of at least 4 members (excludes halogenated alkanes) is 11. The van der Waals surface area contributed by atoms with Gasteiger partial charge in [0.1, 0.15) is 0 Å². The lowest BCUT2D eigenvalue weighted by Gasteiger charge is -2.18. The first-order valence-corrected chi connectivity index (χ1v) is 16.6. The third kappa shape index (κ3) is 12.2. The van der Waals surface area contributed by atoms with Crippen molar-refractivity contribution in [3.05, 3.63) is 87.5 Å². The van der Waals surface area contributed by atoms with Gasteiger partial charge in [-0.15, -0.1) is 4.79 Å². The van der Waals surface area contributed by atoms with Crippen molar-refractivity contribution in [3.8, 4) is 0 Å². The van der Waals surface area contributed by atoms with E-state index in [-0.39, 0.29) is 0 Å². The first-order valence-electron chi connectivity index (χ1n) is 16.6. The monoisotopic (exact) mass is 540 g/mol. The van der Waals surface area contributed by atoms with E-state index in [4.69, 9.17) is 0 Å². The van der Waals surface area contributed by atoms with Crippen LogP contribution in [0.25, 0.3) is 11.1 Å². The number of benzene rings is 2. The van der Waals surface area contributed by atoms with Crippen LogP contribution in [0.15, 0.2) is 59.7 Å². The van der Waals surface area contributed by atoms with Gasteiger partial charge < -0.3 is 5.53 Å². The minimum absolute atomic E-state index is 0.888. The Labute approximate surface area is 246 Å². The van der Waals surface area contributed by atoms with Crippen molar-refractivity contribution in [1.82, 2.24) is 0 Å². The fraction of sp³-hybridized carbons (Fsp3) is 0.579. The standard InChI is InChI=1S/C38H56N2/c1-5-9-12-14-15-16-17-19-25-37(36(31-40-39)23-11-7-3)38(35-24-20-22-32(8-4)30-35)34-28-26-33(27-29-34)21-18-13-10-6-2/h20,22,24,26-30H,5-19,21,23,25H2,1-4H3. The van der Waals surface area contributed by atoms with Crippen LogP contribution in [0.1, 0.15) is 153 Å². The summed E-state index contributed by atoms with van der Waals surface area (Å²) >= 11 is 0. The van der Waals surface area contributed by atoms with Crippen LogP contribution in [-0.2, 0) is 12.8 Å². The highest BCUT2D eigenvalue weighted by Crippen LogP contribution is 2.35. The lowest BCUT2D eigenvalue weighted by molar-refractivity contribution is 0.00739. The van der Waals surface area contributed by atoms with Crippen LogP contribution < -0.4 is 0 Å². The van der Waals surface area contributed by atoms with Crippen molar-refractivity contribution in [2.24, 2.45) is 0 Å². The molecule has 0 atom stereocenters. The maximum atomic E-state index is 9.63. The third-order valence-corrected chi connectivity index (χ3v) is 8.10. The van der Waals surface area contributed by atoms with E-state index >= 15 is 0 Å². The normalized spacial score (nSPS) is 11.6. The molecule has 2 nitrogen and oxygen atoms in total. The lowest BCUT2D eigenvalue weighted by Crippen LogP contribution is -2.02. The second-order valence-corrected chi connectivity index (χ2v) is 11.4. The molecule has 0 unspecified atom stereocenters. The largest absolute Gasteiger partial charge is 0.348 e. The molecule has 0 aliphatic carbocycles. The molecule has 0 saturated heterocycles. The van der Waals surface area contributed by atoms with Crippen molar-refractivity contribution in [2.45, 2.75) is 143 Å². The quantitative estimate of drug-likeness (QED) is 0.0496. The molecule has 2 aromatic carbocycles. The minimum atomic E-state index is 0.888. The van der Waals surface area contributed by atoms with Crippen LogP contribution in [0, 0.1) is 0 Å². The van der Waals surface area contributed by atoms with Gasteiger partial charge in [0.25, 0.3) is 0 Å². The van der Waals surface area contributed by atoms with E-state index in [2.05, 4.69) is 86.9 Å². The zero-order chi connectivity index (χ0) is 28.8. The molecule has 0 heterocycles. The Balaban J connectivity index is 2.48. The number of hydrogen-bond donors (Lipinski definition) is 0. The van der Waals surface area contributed by atoms with Gasteiger partial charge in [-0.25, -0.2) is 0 Å². The van der Waals surface area contributed by atoms with Gasteiger partial charge in [-0.2, -0.15) is 0 Å². The second-order valence-electron chi connectivity index (χ2n) is 11.4. The van der Waals surface area contributed by atoms with Crippen LogP contribution >= 0.6 is 0 Å². The SMILES string of the molecule is CCCCCCCCCCC(C(=C=[N+]=[N-])CCCC)=C(c1ccc(CCCCCC)cc1)c1cccc(CC)c1. The summed E-state index contributed by atoms with van der Waals surface area (Å²) in [6.45, 7) is 9.00. The molecule has 40 heavy (non-hydrogen) atoms. The molecule has 0 bridgehead atoms. The second kappa shape index (κ2) is 21.1. The molecule has 0 aliphatic rings. The number of rotatable bonds is 21. The number of allylic oxidation sites excluding steroid dienone is 2. The Bertz CT molecular complexity index is 1080. The van der Waals surface area contributed by atoms with Gasteiger partial charge in [0.2, 0.25) is 0 Å². The van der Waals surface area contributed by atoms with Gasteiger partial charge in [-0.1, -0.05) is 147 Å². The third-order valence-electron chi connectivity index (χ3n) is 8.10. The van der Waals surface area contributed by atoms with Crippen LogP contribution in [0.3, 0.4) is 0 Å². The molecule has 0 aromatic heterocycles. The van der Waals surface area contributed by atoms with Crippen LogP contribution in [0.4, 0.5) is 0 Å². The number of nitrogens with zero attached hydrogens (tertiary/aromatic N) is 2. The molecule has 0 aliphatic heterocycles. The summed E-state index contributed by atoms with van der Waals surface area (Å²) in [7, 11) is 0. The smallest absolute Gasteiger partial charge is 0.303 e. The summed E-state index contributed by atoms with van der Waals surface area (Å²) in [6, 6.07) is 18.3. The topological polar surface area (TPSA) is 36.4 Å². The van der Waals surface area contributed by atoms with Crippen LogP contribution in [0.2, 0.25) is 0 Å². The Hall–Kier alpha value is -2.66. The molecule has 0 N–H and O–H groups in total. The molecule has 0 fully saturated rings. The maximum Gasteiger partial charge on any atom is 0.303 e. The molecule has 2 rings (SSSR count). The molecule has 2 heteroatoms. The average molecular weight is 541 g/mol. The Kier molecular flexibility index (Phi) is 17.7. The number of aryl methyl sites for hydroxylation is 2. The molecule has 0 amide bonds. The summed E-state index contributed by atoms with van der Waals surface area (Å²) in [5, 5.41) is 0. The average Bonchev–Trinajstić information content (AvgIpc) is 2.99. The van der Waals surface area contributed by atoms with Crippen molar-refractivity contribution in [2.75, 3.05) is 0 Å². The maximum absolute atomic E-state index is 9.63. The van der Waals surface area contributed by atoms with E-state index in [1.807, 2.05) is 0 Å². The highest BCUT2D eigenvalue weighted by Gasteiger charge is 2.18. The first kappa shape index (κ1) is 33.5. The van der Waals surface area contributed by atoms with Crippen molar-refractivity contribution in [1.29, 1.82) is 0 Å². The predicted molar refractivity (Wildman–Crippen MR) is 175 cm³/mol. The fourth-order valence-electron chi connectivity index (χ4n) is 5.61. The summed E-state index contributed by atoms with van der Waals surface area (Å²) < 4.78 is 0. The van der Waals surface area contributed by atoms with Crippen molar-refractivity contribution < 1.29 is 4.79 Å². The zero-order valence-corrected chi connectivity index (χ0v) is 26.2. The van der Waals surface area contributed by atoms with Gasteiger partial charge >= 0.3 is 5.87 Å². The minimum Gasteiger partial charge on any atom is -0.348 e. The summed E-state index contributed by atoms with van der Waals surface area (Å²) in [5.74, 6) is 3.03. The highest BCUT2D eigenvalue weighted by molar-refractivity contribution is 5.87. The van der Waals surface area contributed by atoms with E-state index in [9.17, 15) is 5.53 Å². The van der Waals surface area contributed by atoms with Gasteiger partial charge in [0, 0.05) is 0 Å². The first-order chi connectivity index (χ1) is 19.7. The van der Waals surface area contributed by atoms with Gasteiger partial charge in [0.15, 0.2) is 0 Å². The molecule has 2 aromatic rings. The summed E-state index contributed by atoms with van der Waals surface area (Å²) in [6.07, 6.45) is 21.8. The van der Waals surface area contributed by atoms with E-state index in [1.54, 1.807) is 0 Å². The van der Waals surface area contributed by atoms with E-state index in [1.165, 1.54) is 104 Å². The van der Waals surface area contributed by atoms with Crippen LogP contribution in [-0.4, -0.2) is 10.7 Å². The summed E-state index contributed by atoms with van der Waals surface area (Å²) in [4.78, 5) is 3.44. The predicted octanol–water partition coefficient (Wildman–Crippen LogP) is 11.7. The van der Waals surface area contributed by atoms with Crippen LogP contribution in [0.5, 0.6) is 0 Å². The number of hydrogen-bond acceptors (Lipinski definition) is 0. The molecule has 0 radical (unpaired) electrons. The van der Waals surface area contributed by atoms with E-state index < -0.39 is 0 Å². The zero-order valence-electron chi connectivity index (χ0n) is 26.2. The fourth-order valence-corrected chi connectivity index (χ4v) is 5.61. The van der Waals surface area contributed by atoms with Gasteiger partial charge in [-0.05, 0) is 78.3 Å². The highest BCUT2D eigenvalue weighted by atomic mass is 14.8. The Morgan fingerprint density at radius 3 is 1.88 bits per heavy atom. The molecule has 0 saturated carbocycles. The lowest BCUT2D eigenvalue weighted by atomic mass is 9.84. The van der Waals surface area contributed by atoms with E-state index in [0.29, 0.717) is 0 Å². The molecular formula is C38H56N2. The molecule has 0 spiro atoms.